The molecule has 0 bridgehead atoms. The minimum atomic E-state index is 0.0333. The maximum atomic E-state index is 11.9. The van der Waals surface area contributed by atoms with Crippen molar-refractivity contribution in [2.45, 2.75) is 26.8 Å². The first kappa shape index (κ1) is 15.2. The molecule has 0 spiro atoms. The number of rotatable bonds is 6. The molecule has 0 saturated carbocycles. The zero-order valence-corrected chi connectivity index (χ0v) is 12.5. The molecule has 4 nitrogen and oxygen atoms in total. The number of carbonyl (C=O) groups is 1. The van der Waals surface area contributed by atoms with Crippen molar-refractivity contribution < 1.29 is 4.79 Å². The van der Waals surface area contributed by atoms with Crippen LogP contribution in [0.1, 0.15) is 23.1 Å². The summed E-state index contributed by atoms with van der Waals surface area (Å²) in [4.78, 5) is 15.9. The second-order valence-corrected chi connectivity index (χ2v) is 5.15. The lowest BCUT2D eigenvalue weighted by atomic mass is 10.1. The van der Waals surface area contributed by atoms with Gasteiger partial charge in [0.2, 0.25) is 5.91 Å². The SMILES string of the molecule is Cc1ccc(C)c(NC(=O)CCNCc2ccncc2)c1. The molecule has 2 aromatic rings. The van der Waals surface area contributed by atoms with Gasteiger partial charge in [0, 0.05) is 37.6 Å². The van der Waals surface area contributed by atoms with Crippen molar-refractivity contribution in [2.24, 2.45) is 0 Å². The van der Waals surface area contributed by atoms with Crippen LogP contribution in [0.5, 0.6) is 0 Å². The van der Waals surface area contributed by atoms with E-state index in [9.17, 15) is 4.79 Å². The topological polar surface area (TPSA) is 54.0 Å². The molecule has 1 heterocycles. The number of pyridine rings is 1. The fourth-order valence-corrected chi connectivity index (χ4v) is 2.02. The molecule has 1 aromatic heterocycles. The first-order chi connectivity index (χ1) is 10.1. The lowest BCUT2D eigenvalue weighted by Gasteiger charge is -2.10. The largest absolute Gasteiger partial charge is 0.326 e. The molecule has 1 aromatic carbocycles. The Morgan fingerprint density at radius 2 is 1.90 bits per heavy atom. The van der Waals surface area contributed by atoms with Gasteiger partial charge in [-0.1, -0.05) is 12.1 Å². The van der Waals surface area contributed by atoms with Gasteiger partial charge in [-0.25, -0.2) is 0 Å². The maximum absolute atomic E-state index is 11.9. The zero-order chi connectivity index (χ0) is 15.1. The number of benzene rings is 1. The van der Waals surface area contributed by atoms with E-state index in [2.05, 4.69) is 15.6 Å². The number of amides is 1. The first-order valence-corrected chi connectivity index (χ1v) is 7.12. The summed E-state index contributed by atoms with van der Waals surface area (Å²) in [7, 11) is 0. The predicted octanol–water partition coefficient (Wildman–Crippen LogP) is 2.82. The molecule has 2 N–H and O–H groups in total. The number of hydrogen-bond donors (Lipinski definition) is 2. The quantitative estimate of drug-likeness (QED) is 0.802. The van der Waals surface area contributed by atoms with Crippen LogP contribution >= 0.6 is 0 Å². The zero-order valence-electron chi connectivity index (χ0n) is 12.5. The lowest BCUT2D eigenvalue weighted by Crippen LogP contribution is -2.21. The predicted molar refractivity (Wildman–Crippen MR) is 85.1 cm³/mol. The summed E-state index contributed by atoms with van der Waals surface area (Å²) in [5.41, 5.74) is 4.29. The number of hydrogen-bond acceptors (Lipinski definition) is 3. The van der Waals surface area contributed by atoms with E-state index in [1.807, 2.05) is 44.2 Å². The molecule has 0 radical (unpaired) electrons. The third-order valence-electron chi connectivity index (χ3n) is 3.27. The second kappa shape index (κ2) is 7.55. The van der Waals surface area contributed by atoms with Crippen molar-refractivity contribution in [3.05, 3.63) is 59.4 Å². The number of aryl methyl sites for hydroxylation is 2. The van der Waals surface area contributed by atoms with Crippen molar-refractivity contribution in [3.8, 4) is 0 Å². The van der Waals surface area contributed by atoms with Gasteiger partial charge in [-0.2, -0.15) is 0 Å². The van der Waals surface area contributed by atoms with E-state index in [0.29, 0.717) is 13.0 Å². The highest BCUT2D eigenvalue weighted by Gasteiger charge is 2.04. The van der Waals surface area contributed by atoms with E-state index in [1.54, 1.807) is 12.4 Å². The molecule has 0 fully saturated rings. The molecule has 2 rings (SSSR count). The Bertz CT molecular complexity index is 596. The van der Waals surface area contributed by atoms with Crippen LogP contribution in [0.3, 0.4) is 0 Å². The number of anilines is 1. The van der Waals surface area contributed by atoms with E-state index in [1.165, 1.54) is 5.56 Å². The highest BCUT2D eigenvalue weighted by Crippen LogP contribution is 2.16. The molecule has 0 aliphatic heterocycles. The van der Waals surface area contributed by atoms with Gasteiger partial charge in [0.15, 0.2) is 0 Å². The Labute approximate surface area is 125 Å². The van der Waals surface area contributed by atoms with Crippen LogP contribution in [-0.4, -0.2) is 17.4 Å². The minimum Gasteiger partial charge on any atom is -0.326 e. The van der Waals surface area contributed by atoms with Crippen molar-refractivity contribution in [3.63, 3.8) is 0 Å². The molecule has 0 unspecified atom stereocenters. The highest BCUT2D eigenvalue weighted by molar-refractivity contribution is 5.91. The van der Waals surface area contributed by atoms with Crippen molar-refractivity contribution in [1.29, 1.82) is 0 Å². The fraction of sp³-hybridized carbons (Fsp3) is 0.294. The smallest absolute Gasteiger partial charge is 0.225 e. The summed E-state index contributed by atoms with van der Waals surface area (Å²) in [6.45, 7) is 5.42. The molecule has 0 aliphatic carbocycles. The Morgan fingerprint density at radius 3 is 2.67 bits per heavy atom. The molecule has 21 heavy (non-hydrogen) atoms. The fourth-order valence-electron chi connectivity index (χ4n) is 2.02. The number of nitrogens with zero attached hydrogens (tertiary/aromatic N) is 1. The monoisotopic (exact) mass is 283 g/mol. The van der Waals surface area contributed by atoms with Gasteiger partial charge in [0.1, 0.15) is 0 Å². The molecule has 0 aliphatic rings. The van der Waals surface area contributed by atoms with Gasteiger partial charge in [-0.05, 0) is 48.7 Å². The summed E-state index contributed by atoms with van der Waals surface area (Å²) in [6.07, 6.45) is 3.99. The molecule has 110 valence electrons. The van der Waals surface area contributed by atoms with E-state index >= 15 is 0 Å². The van der Waals surface area contributed by atoms with Gasteiger partial charge in [-0.3, -0.25) is 9.78 Å². The van der Waals surface area contributed by atoms with E-state index < -0.39 is 0 Å². The van der Waals surface area contributed by atoms with Crippen LogP contribution in [0.4, 0.5) is 5.69 Å². The number of carbonyl (C=O) groups excluding carboxylic acids is 1. The molecule has 0 saturated heterocycles. The van der Waals surface area contributed by atoms with Crippen LogP contribution < -0.4 is 10.6 Å². The molecular weight excluding hydrogens is 262 g/mol. The average molecular weight is 283 g/mol. The van der Waals surface area contributed by atoms with Crippen molar-refractivity contribution in [1.82, 2.24) is 10.3 Å². The van der Waals surface area contributed by atoms with Crippen LogP contribution in [0.25, 0.3) is 0 Å². The molecule has 4 heteroatoms. The van der Waals surface area contributed by atoms with E-state index in [4.69, 9.17) is 0 Å². The van der Waals surface area contributed by atoms with Gasteiger partial charge in [-0.15, -0.1) is 0 Å². The highest BCUT2D eigenvalue weighted by atomic mass is 16.1. The summed E-state index contributed by atoms with van der Waals surface area (Å²) in [6, 6.07) is 9.98. The summed E-state index contributed by atoms with van der Waals surface area (Å²) >= 11 is 0. The average Bonchev–Trinajstić information content (AvgIpc) is 2.48. The molecular formula is C17H21N3O. The van der Waals surface area contributed by atoms with Gasteiger partial charge >= 0.3 is 0 Å². The third-order valence-corrected chi connectivity index (χ3v) is 3.27. The van der Waals surface area contributed by atoms with Crippen LogP contribution in [0.2, 0.25) is 0 Å². The number of nitrogens with one attached hydrogen (secondary N) is 2. The molecule has 1 amide bonds. The Hall–Kier alpha value is -2.20. The normalized spacial score (nSPS) is 10.4. The van der Waals surface area contributed by atoms with E-state index in [-0.39, 0.29) is 5.91 Å². The second-order valence-electron chi connectivity index (χ2n) is 5.15. The van der Waals surface area contributed by atoms with Gasteiger partial charge < -0.3 is 10.6 Å². The Kier molecular flexibility index (Phi) is 5.46. The van der Waals surface area contributed by atoms with Crippen molar-refractivity contribution >= 4 is 11.6 Å². The summed E-state index contributed by atoms with van der Waals surface area (Å²) in [5, 5.41) is 6.22. The first-order valence-electron chi connectivity index (χ1n) is 7.12. The van der Waals surface area contributed by atoms with Crippen molar-refractivity contribution in [2.75, 3.05) is 11.9 Å². The third kappa shape index (κ3) is 5.00. The standard InChI is InChI=1S/C17H21N3O/c1-13-3-4-14(2)16(11-13)20-17(21)7-10-19-12-15-5-8-18-9-6-15/h3-6,8-9,11,19H,7,10,12H2,1-2H3,(H,20,21). The Morgan fingerprint density at radius 1 is 1.14 bits per heavy atom. The van der Waals surface area contributed by atoms with Gasteiger partial charge in [0.25, 0.3) is 0 Å². The van der Waals surface area contributed by atoms with Crippen LogP contribution in [-0.2, 0) is 11.3 Å². The van der Waals surface area contributed by atoms with Crippen LogP contribution in [0, 0.1) is 13.8 Å². The van der Waals surface area contributed by atoms with Gasteiger partial charge in [0.05, 0.1) is 0 Å². The summed E-state index contributed by atoms with van der Waals surface area (Å²) < 4.78 is 0. The lowest BCUT2D eigenvalue weighted by molar-refractivity contribution is -0.116. The minimum absolute atomic E-state index is 0.0333. The molecule has 0 atom stereocenters. The van der Waals surface area contributed by atoms with E-state index in [0.717, 1.165) is 23.4 Å². The Balaban J connectivity index is 1.74. The maximum Gasteiger partial charge on any atom is 0.225 e. The van der Waals surface area contributed by atoms with Crippen LogP contribution in [0.15, 0.2) is 42.7 Å². The summed E-state index contributed by atoms with van der Waals surface area (Å²) in [5.74, 6) is 0.0333. The number of aromatic nitrogens is 1.